The Morgan fingerprint density at radius 3 is 2.61 bits per heavy atom. The summed E-state index contributed by atoms with van der Waals surface area (Å²) in [4.78, 5) is 24.4. The van der Waals surface area contributed by atoms with E-state index in [1.54, 1.807) is 13.8 Å². The number of urea groups is 1. The summed E-state index contributed by atoms with van der Waals surface area (Å²) in [6, 6.07) is 4.54. The van der Waals surface area contributed by atoms with E-state index in [-0.39, 0.29) is 30.7 Å². The Morgan fingerprint density at radius 1 is 1.23 bits per heavy atom. The van der Waals surface area contributed by atoms with Crippen LogP contribution in [0.25, 0.3) is 0 Å². The van der Waals surface area contributed by atoms with Crippen LogP contribution in [0.2, 0.25) is 0 Å². The molecule has 9 nitrogen and oxygen atoms in total. The van der Waals surface area contributed by atoms with Crippen molar-refractivity contribution in [1.29, 1.82) is 0 Å². The quantitative estimate of drug-likeness (QED) is 0.530. The van der Waals surface area contributed by atoms with Crippen molar-refractivity contribution in [3.05, 3.63) is 47.1 Å². The van der Waals surface area contributed by atoms with Crippen LogP contribution in [0.4, 0.5) is 14.9 Å². The van der Waals surface area contributed by atoms with Gasteiger partial charge in [0.2, 0.25) is 0 Å². The van der Waals surface area contributed by atoms with Crippen LogP contribution >= 0.6 is 0 Å². The van der Waals surface area contributed by atoms with Crippen LogP contribution in [0.15, 0.2) is 28.8 Å². The maximum Gasteiger partial charge on any atom is 0.319 e. The lowest BCUT2D eigenvalue weighted by molar-refractivity contribution is -0.0892. The number of nitrogens with zero attached hydrogens (tertiary/aromatic N) is 1. The van der Waals surface area contributed by atoms with E-state index >= 15 is 0 Å². The van der Waals surface area contributed by atoms with Gasteiger partial charge in [0, 0.05) is 12.1 Å². The zero-order chi connectivity index (χ0) is 22.4. The van der Waals surface area contributed by atoms with Gasteiger partial charge in [0.25, 0.3) is 5.91 Å². The number of anilines is 1. The fourth-order valence-corrected chi connectivity index (χ4v) is 3.53. The Kier molecular flexibility index (Phi) is 7.59. The Balaban J connectivity index is 1.43. The van der Waals surface area contributed by atoms with Crippen molar-refractivity contribution in [3.8, 4) is 0 Å². The summed E-state index contributed by atoms with van der Waals surface area (Å²) >= 11 is 0. The molecule has 0 radical (unpaired) electrons. The Morgan fingerprint density at radius 2 is 1.97 bits per heavy atom. The number of hydrogen-bond acceptors (Lipinski definition) is 6. The van der Waals surface area contributed by atoms with Crippen LogP contribution in [0.1, 0.15) is 41.1 Å². The van der Waals surface area contributed by atoms with E-state index in [9.17, 15) is 19.1 Å². The summed E-state index contributed by atoms with van der Waals surface area (Å²) in [6.45, 7) is 3.59. The van der Waals surface area contributed by atoms with Crippen LogP contribution in [0.3, 0.4) is 0 Å². The Hall–Kier alpha value is -2.98. The molecule has 0 bridgehead atoms. The first-order chi connectivity index (χ1) is 14.9. The summed E-state index contributed by atoms with van der Waals surface area (Å²) in [6.07, 6.45) is 1.13. The average Bonchev–Trinajstić information content (AvgIpc) is 3.07. The fourth-order valence-electron chi connectivity index (χ4n) is 3.53. The van der Waals surface area contributed by atoms with Crippen molar-refractivity contribution < 1.29 is 28.3 Å². The molecule has 3 atom stereocenters. The number of aryl methyl sites for hydroxylation is 2. The van der Waals surface area contributed by atoms with E-state index in [1.165, 1.54) is 24.3 Å². The van der Waals surface area contributed by atoms with Crippen LogP contribution in [-0.4, -0.2) is 53.6 Å². The largest absolute Gasteiger partial charge is 0.394 e. The van der Waals surface area contributed by atoms with Gasteiger partial charge in [0.1, 0.15) is 23.3 Å². The highest BCUT2D eigenvalue weighted by Gasteiger charge is 2.32. The highest BCUT2D eigenvalue weighted by atomic mass is 19.1. The molecular weight excluding hydrogens is 407 g/mol. The van der Waals surface area contributed by atoms with Gasteiger partial charge in [-0.3, -0.25) is 4.79 Å². The van der Waals surface area contributed by atoms with Gasteiger partial charge >= 0.3 is 6.03 Å². The van der Waals surface area contributed by atoms with E-state index in [2.05, 4.69) is 21.1 Å². The molecule has 3 rings (SSSR count). The van der Waals surface area contributed by atoms with Crippen molar-refractivity contribution in [2.45, 2.75) is 51.4 Å². The highest BCUT2D eigenvalue weighted by Crippen LogP contribution is 2.22. The minimum Gasteiger partial charge on any atom is -0.394 e. The monoisotopic (exact) mass is 434 g/mol. The highest BCUT2D eigenvalue weighted by molar-refractivity contribution is 5.94. The first kappa shape index (κ1) is 22.7. The summed E-state index contributed by atoms with van der Waals surface area (Å²) in [5.41, 5.74) is 1.49. The molecule has 1 aliphatic heterocycles. The number of aromatic nitrogens is 1. The molecule has 1 saturated heterocycles. The summed E-state index contributed by atoms with van der Waals surface area (Å²) in [5, 5.41) is 21.8. The molecule has 168 valence electrons. The van der Waals surface area contributed by atoms with Gasteiger partial charge in [0.15, 0.2) is 5.76 Å². The minimum atomic E-state index is -0.556. The topological polar surface area (TPSA) is 126 Å². The third-order valence-electron chi connectivity index (χ3n) is 5.24. The molecule has 1 aromatic heterocycles. The maximum atomic E-state index is 13.0. The first-order valence-electron chi connectivity index (χ1n) is 10.2. The number of amides is 3. The van der Waals surface area contributed by atoms with Gasteiger partial charge in [-0.25, -0.2) is 9.18 Å². The first-order valence-corrected chi connectivity index (χ1v) is 10.2. The number of carbonyl (C=O) groups is 2. The van der Waals surface area contributed by atoms with E-state index in [4.69, 9.17) is 9.26 Å². The molecule has 0 saturated carbocycles. The van der Waals surface area contributed by atoms with Crippen molar-refractivity contribution in [3.63, 3.8) is 0 Å². The second-order valence-corrected chi connectivity index (χ2v) is 7.51. The number of aliphatic hydroxyl groups is 1. The molecule has 0 spiro atoms. The number of carbonyl (C=O) groups excluding carboxylic acids is 2. The van der Waals surface area contributed by atoms with Crippen molar-refractivity contribution in [2.24, 2.45) is 0 Å². The number of hydrogen-bond donors (Lipinski definition) is 4. The molecule has 2 aromatic rings. The number of ether oxygens (including phenoxy) is 1. The summed E-state index contributed by atoms with van der Waals surface area (Å²) < 4.78 is 23.9. The number of nitrogens with one attached hydrogen (secondary N) is 3. The zero-order valence-corrected chi connectivity index (χ0v) is 17.5. The number of aliphatic hydroxyl groups excluding tert-OH is 1. The van der Waals surface area contributed by atoms with Crippen molar-refractivity contribution in [2.75, 3.05) is 18.5 Å². The van der Waals surface area contributed by atoms with Crippen molar-refractivity contribution >= 4 is 17.6 Å². The van der Waals surface area contributed by atoms with Gasteiger partial charge in [0.05, 0.1) is 18.8 Å². The van der Waals surface area contributed by atoms with Crippen LogP contribution in [-0.2, 0) is 4.74 Å². The molecule has 0 aliphatic carbocycles. The second kappa shape index (κ2) is 10.4. The Bertz CT molecular complexity index is 882. The Labute approximate surface area is 179 Å². The van der Waals surface area contributed by atoms with Gasteiger partial charge in [-0.1, -0.05) is 5.16 Å². The maximum absolute atomic E-state index is 13.0. The lowest BCUT2D eigenvalue weighted by Gasteiger charge is -2.36. The standard InChI is InChI=1S/C21H27FN4O5/c1-12-19(13(2)31-26-12)25-21(29)23-10-9-16-7-8-17(18(11-27)30-16)24-20(28)14-3-5-15(22)6-4-14/h3-6,16-18,27H,7-11H2,1-2H3,(H,24,28)(H2,23,25,29)/t16-,17-,18+/m1/s1. The van der Waals surface area contributed by atoms with Crippen LogP contribution < -0.4 is 16.0 Å². The third kappa shape index (κ3) is 6.02. The zero-order valence-electron chi connectivity index (χ0n) is 17.5. The fraction of sp³-hybridized carbons (Fsp3) is 0.476. The molecule has 4 N–H and O–H groups in total. The van der Waals surface area contributed by atoms with E-state index in [0.29, 0.717) is 48.5 Å². The molecular formula is C21H27FN4O5. The summed E-state index contributed by atoms with van der Waals surface area (Å²) in [5.74, 6) is -0.228. The van der Waals surface area contributed by atoms with Gasteiger partial charge in [-0.15, -0.1) is 0 Å². The summed E-state index contributed by atoms with van der Waals surface area (Å²) in [7, 11) is 0. The lowest BCUT2D eigenvalue weighted by atomic mass is 9.96. The van der Waals surface area contributed by atoms with Gasteiger partial charge < -0.3 is 30.3 Å². The van der Waals surface area contributed by atoms with Crippen LogP contribution in [0.5, 0.6) is 0 Å². The molecule has 3 amide bonds. The molecule has 1 aromatic carbocycles. The van der Waals surface area contributed by atoms with Gasteiger partial charge in [-0.05, 0) is 57.4 Å². The van der Waals surface area contributed by atoms with E-state index in [0.717, 1.165) is 0 Å². The van der Waals surface area contributed by atoms with Gasteiger partial charge in [-0.2, -0.15) is 0 Å². The molecule has 31 heavy (non-hydrogen) atoms. The molecule has 1 aliphatic rings. The van der Waals surface area contributed by atoms with E-state index in [1.807, 2.05) is 0 Å². The molecule has 10 heteroatoms. The molecule has 2 heterocycles. The average molecular weight is 434 g/mol. The van der Waals surface area contributed by atoms with Crippen LogP contribution in [0, 0.1) is 19.7 Å². The number of rotatable bonds is 7. The molecule has 1 fully saturated rings. The molecule has 0 unspecified atom stereocenters. The second-order valence-electron chi connectivity index (χ2n) is 7.51. The predicted octanol–water partition coefficient (Wildman–Crippen LogP) is 2.28. The van der Waals surface area contributed by atoms with Crippen molar-refractivity contribution in [1.82, 2.24) is 15.8 Å². The third-order valence-corrected chi connectivity index (χ3v) is 5.24. The normalized spacial score (nSPS) is 20.8. The smallest absolute Gasteiger partial charge is 0.319 e. The van der Waals surface area contributed by atoms with E-state index < -0.39 is 11.9 Å². The predicted molar refractivity (Wildman–Crippen MR) is 110 cm³/mol. The minimum absolute atomic E-state index is 0.157. The SMILES string of the molecule is Cc1noc(C)c1NC(=O)NCC[C@H]1CC[C@@H](NC(=O)c2ccc(F)cc2)[C@H](CO)O1. The lowest BCUT2D eigenvalue weighted by Crippen LogP contribution is -2.51. The number of benzene rings is 1. The number of halogens is 1.